The van der Waals surface area contributed by atoms with Gasteiger partial charge in [0, 0.05) is 25.0 Å². The van der Waals surface area contributed by atoms with Gasteiger partial charge >= 0.3 is 0 Å². The van der Waals surface area contributed by atoms with E-state index in [1.54, 1.807) is 11.3 Å². The molecule has 1 aliphatic heterocycles. The molecule has 96 valence electrons. The number of thiazole rings is 1. The molecule has 0 bridgehead atoms. The van der Waals surface area contributed by atoms with Crippen LogP contribution in [0.3, 0.4) is 0 Å². The van der Waals surface area contributed by atoms with Gasteiger partial charge in [-0.25, -0.2) is 4.98 Å². The summed E-state index contributed by atoms with van der Waals surface area (Å²) in [4.78, 5) is 7.00. The van der Waals surface area contributed by atoms with Crippen molar-refractivity contribution < 1.29 is 4.74 Å². The summed E-state index contributed by atoms with van der Waals surface area (Å²) in [6, 6.07) is 0. The zero-order chi connectivity index (χ0) is 12.3. The molecule has 0 aliphatic carbocycles. The van der Waals surface area contributed by atoms with E-state index in [1.165, 1.54) is 0 Å². The molecule has 0 aromatic carbocycles. The molecular weight excluding hydrogens is 234 g/mol. The van der Waals surface area contributed by atoms with Gasteiger partial charge in [-0.1, -0.05) is 6.92 Å². The van der Waals surface area contributed by atoms with E-state index < -0.39 is 0 Å². The van der Waals surface area contributed by atoms with Gasteiger partial charge < -0.3 is 15.0 Å². The molecule has 17 heavy (non-hydrogen) atoms. The van der Waals surface area contributed by atoms with Gasteiger partial charge in [0.05, 0.1) is 17.9 Å². The minimum atomic E-state index is 0.292. The number of rotatable bonds is 4. The molecule has 4 nitrogen and oxygen atoms in total. The molecule has 1 aliphatic rings. The highest BCUT2D eigenvalue weighted by Gasteiger charge is 2.24. The van der Waals surface area contributed by atoms with E-state index >= 15 is 0 Å². The van der Waals surface area contributed by atoms with E-state index in [1.807, 2.05) is 0 Å². The summed E-state index contributed by atoms with van der Waals surface area (Å²) in [5.41, 5.74) is 1.14. The third kappa shape index (κ3) is 3.40. The quantitative estimate of drug-likeness (QED) is 0.891. The molecule has 0 unspecified atom stereocenters. The van der Waals surface area contributed by atoms with E-state index in [2.05, 4.69) is 41.4 Å². The standard InChI is InChI=1S/C12H21N3OS/c1-4-13-5-11-8-17-12(14-11)15-6-9(2)16-10(3)7-15/h8-10,13H,4-7H2,1-3H3/t9-,10+. The van der Waals surface area contributed by atoms with Crippen LogP contribution in [0.2, 0.25) is 0 Å². The van der Waals surface area contributed by atoms with Crippen LogP contribution in [0.5, 0.6) is 0 Å². The predicted octanol–water partition coefficient (Wildman–Crippen LogP) is 1.87. The molecule has 0 radical (unpaired) electrons. The number of hydrogen-bond donors (Lipinski definition) is 1. The Hall–Kier alpha value is -0.650. The van der Waals surface area contributed by atoms with Gasteiger partial charge in [0.25, 0.3) is 0 Å². The van der Waals surface area contributed by atoms with E-state index in [0.717, 1.165) is 37.0 Å². The summed E-state index contributed by atoms with van der Waals surface area (Å²) in [6.45, 7) is 10.1. The fourth-order valence-corrected chi connectivity index (χ4v) is 2.96. The average Bonchev–Trinajstić information content (AvgIpc) is 2.73. The zero-order valence-electron chi connectivity index (χ0n) is 10.8. The lowest BCUT2D eigenvalue weighted by molar-refractivity contribution is -0.00523. The molecule has 2 atom stereocenters. The summed E-state index contributed by atoms with van der Waals surface area (Å²) >= 11 is 1.73. The molecule has 5 heteroatoms. The van der Waals surface area contributed by atoms with Crippen LogP contribution in [0.4, 0.5) is 5.13 Å². The fourth-order valence-electron chi connectivity index (χ4n) is 2.11. The molecule has 1 saturated heterocycles. The van der Waals surface area contributed by atoms with Gasteiger partial charge in [-0.2, -0.15) is 0 Å². The summed E-state index contributed by atoms with van der Waals surface area (Å²) in [5.74, 6) is 0. The minimum absolute atomic E-state index is 0.292. The van der Waals surface area contributed by atoms with Gasteiger partial charge in [0.1, 0.15) is 0 Å². The van der Waals surface area contributed by atoms with Crippen molar-refractivity contribution >= 4 is 16.5 Å². The Labute approximate surface area is 107 Å². The predicted molar refractivity (Wildman–Crippen MR) is 71.7 cm³/mol. The number of anilines is 1. The second-order valence-corrected chi connectivity index (χ2v) is 5.40. The molecule has 2 rings (SSSR count). The number of morpholine rings is 1. The maximum absolute atomic E-state index is 5.73. The number of nitrogens with zero attached hydrogens (tertiary/aromatic N) is 2. The number of aromatic nitrogens is 1. The van der Waals surface area contributed by atoms with Crippen molar-refractivity contribution in [3.8, 4) is 0 Å². The van der Waals surface area contributed by atoms with Crippen LogP contribution in [0.15, 0.2) is 5.38 Å². The largest absolute Gasteiger partial charge is 0.372 e. The Balaban J connectivity index is 1.98. The van der Waals surface area contributed by atoms with Gasteiger partial charge in [-0.15, -0.1) is 11.3 Å². The summed E-state index contributed by atoms with van der Waals surface area (Å²) in [7, 11) is 0. The molecule has 0 amide bonds. The summed E-state index contributed by atoms with van der Waals surface area (Å²) in [5, 5.41) is 6.57. The van der Waals surface area contributed by atoms with Crippen molar-refractivity contribution in [1.82, 2.24) is 10.3 Å². The number of hydrogen-bond acceptors (Lipinski definition) is 5. The van der Waals surface area contributed by atoms with Crippen LogP contribution in [0.25, 0.3) is 0 Å². The molecule has 0 spiro atoms. The molecule has 2 heterocycles. The van der Waals surface area contributed by atoms with Crippen LogP contribution in [0.1, 0.15) is 26.5 Å². The Morgan fingerprint density at radius 3 is 2.82 bits per heavy atom. The Bertz CT molecular complexity index is 345. The van der Waals surface area contributed by atoms with E-state index in [0.29, 0.717) is 12.2 Å². The van der Waals surface area contributed by atoms with Crippen molar-refractivity contribution in [3.63, 3.8) is 0 Å². The lowest BCUT2D eigenvalue weighted by Crippen LogP contribution is -2.45. The summed E-state index contributed by atoms with van der Waals surface area (Å²) in [6.07, 6.45) is 0.583. The highest BCUT2D eigenvalue weighted by atomic mass is 32.1. The minimum Gasteiger partial charge on any atom is -0.372 e. The first-order valence-corrected chi connectivity index (χ1v) is 7.12. The average molecular weight is 255 g/mol. The molecular formula is C12H21N3OS. The van der Waals surface area contributed by atoms with Crippen molar-refractivity contribution in [2.45, 2.75) is 39.5 Å². The van der Waals surface area contributed by atoms with E-state index in [4.69, 9.17) is 4.74 Å². The van der Waals surface area contributed by atoms with Crippen molar-refractivity contribution in [2.24, 2.45) is 0 Å². The normalized spacial score (nSPS) is 25.2. The molecule has 1 fully saturated rings. The smallest absolute Gasteiger partial charge is 0.185 e. The van der Waals surface area contributed by atoms with Gasteiger partial charge in [0.15, 0.2) is 5.13 Å². The second-order valence-electron chi connectivity index (χ2n) is 4.56. The van der Waals surface area contributed by atoms with Crippen LogP contribution in [-0.4, -0.2) is 36.8 Å². The lowest BCUT2D eigenvalue weighted by Gasteiger charge is -2.35. The lowest BCUT2D eigenvalue weighted by atomic mass is 10.2. The van der Waals surface area contributed by atoms with Gasteiger partial charge in [-0.05, 0) is 20.4 Å². The maximum atomic E-state index is 5.73. The molecule has 1 N–H and O–H groups in total. The van der Waals surface area contributed by atoms with Gasteiger partial charge in [0.2, 0.25) is 0 Å². The molecule has 1 aromatic heterocycles. The monoisotopic (exact) mass is 255 g/mol. The van der Waals surface area contributed by atoms with Crippen molar-refractivity contribution in [1.29, 1.82) is 0 Å². The Kier molecular flexibility index (Phi) is 4.36. The first-order chi connectivity index (χ1) is 8.19. The molecule has 1 aromatic rings. The Morgan fingerprint density at radius 1 is 1.47 bits per heavy atom. The highest BCUT2D eigenvalue weighted by Crippen LogP contribution is 2.24. The first kappa shape index (κ1) is 12.8. The summed E-state index contributed by atoms with van der Waals surface area (Å²) < 4.78 is 5.73. The SMILES string of the molecule is CCNCc1csc(N2C[C@@H](C)O[C@@H](C)C2)n1. The second kappa shape index (κ2) is 5.80. The van der Waals surface area contributed by atoms with E-state index in [-0.39, 0.29) is 0 Å². The van der Waals surface area contributed by atoms with Crippen LogP contribution < -0.4 is 10.2 Å². The number of nitrogens with one attached hydrogen (secondary N) is 1. The van der Waals surface area contributed by atoms with Crippen molar-refractivity contribution in [3.05, 3.63) is 11.1 Å². The third-order valence-electron chi connectivity index (χ3n) is 2.79. The fraction of sp³-hybridized carbons (Fsp3) is 0.750. The van der Waals surface area contributed by atoms with Crippen LogP contribution in [-0.2, 0) is 11.3 Å². The maximum Gasteiger partial charge on any atom is 0.185 e. The van der Waals surface area contributed by atoms with E-state index in [9.17, 15) is 0 Å². The highest BCUT2D eigenvalue weighted by molar-refractivity contribution is 7.13. The molecule has 0 saturated carbocycles. The topological polar surface area (TPSA) is 37.4 Å². The first-order valence-electron chi connectivity index (χ1n) is 6.24. The zero-order valence-corrected chi connectivity index (χ0v) is 11.6. The number of ether oxygens (including phenoxy) is 1. The Morgan fingerprint density at radius 2 is 2.18 bits per heavy atom. The van der Waals surface area contributed by atoms with Crippen LogP contribution >= 0.6 is 11.3 Å². The van der Waals surface area contributed by atoms with Gasteiger partial charge in [-0.3, -0.25) is 0 Å². The van der Waals surface area contributed by atoms with Crippen molar-refractivity contribution in [2.75, 3.05) is 24.5 Å². The van der Waals surface area contributed by atoms with Crippen LogP contribution in [0, 0.1) is 0 Å². The third-order valence-corrected chi connectivity index (χ3v) is 3.74.